The van der Waals surface area contributed by atoms with Crippen molar-refractivity contribution in [3.8, 4) is 5.75 Å². The van der Waals surface area contributed by atoms with Crippen LogP contribution < -0.4 is 10.2 Å². The number of carbonyl (C=O) groups excluding carboxylic acids is 1. The van der Waals surface area contributed by atoms with Gasteiger partial charge in [-0.2, -0.15) is 5.10 Å². The molecule has 2 aromatic carbocycles. The third kappa shape index (κ3) is 5.45. The SMILES string of the molecule is C/C(=N\NC(=O)COc1cc(C)ccc1C(C)C)c1ccc(C)cc1. The largest absolute Gasteiger partial charge is 0.483 e. The summed E-state index contributed by atoms with van der Waals surface area (Å²) in [5, 5.41) is 4.15. The molecule has 0 spiro atoms. The fourth-order valence-corrected chi connectivity index (χ4v) is 2.42. The summed E-state index contributed by atoms with van der Waals surface area (Å²) in [6, 6.07) is 14.1. The molecular formula is C21H26N2O2. The number of benzene rings is 2. The summed E-state index contributed by atoms with van der Waals surface area (Å²) in [6.07, 6.45) is 0. The summed E-state index contributed by atoms with van der Waals surface area (Å²) < 4.78 is 5.71. The standard InChI is InChI=1S/C21H26N2O2/c1-14(2)19-11-8-16(4)12-20(19)25-13-21(24)23-22-17(5)18-9-6-15(3)7-10-18/h6-12,14H,13H2,1-5H3,(H,23,24)/b22-17+. The molecule has 0 bridgehead atoms. The summed E-state index contributed by atoms with van der Waals surface area (Å²) >= 11 is 0. The maximum Gasteiger partial charge on any atom is 0.277 e. The Balaban J connectivity index is 1.96. The van der Waals surface area contributed by atoms with Crippen LogP contribution in [0.5, 0.6) is 5.75 Å². The average Bonchev–Trinajstić information content (AvgIpc) is 2.58. The number of amides is 1. The van der Waals surface area contributed by atoms with E-state index in [1.54, 1.807) is 0 Å². The van der Waals surface area contributed by atoms with Crippen LogP contribution in [-0.4, -0.2) is 18.2 Å². The first-order valence-corrected chi connectivity index (χ1v) is 8.50. The number of aryl methyl sites for hydroxylation is 2. The molecule has 0 heterocycles. The second-order valence-corrected chi connectivity index (χ2v) is 6.58. The number of carbonyl (C=O) groups is 1. The van der Waals surface area contributed by atoms with Gasteiger partial charge in [0, 0.05) is 0 Å². The van der Waals surface area contributed by atoms with Crippen LogP contribution in [0, 0.1) is 13.8 Å². The number of hydrogen-bond acceptors (Lipinski definition) is 3. The highest BCUT2D eigenvalue weighted by Gasteiger charge is 2.10. The van der Waals surface area contributed by atoms with E-state index in [0.29, 0.717) is 5.92 Å². The predicted molar refractivity (Wildman–Crippen MR) is 102 cm³/mol. The van der Waals surface area contributed by atoms with Crippen LogP contribution >= 0.6 is 0 Å². The minimum absolute atomic E-state index is 0.0617. The number of rotatable bonds is 6. The molecule has 0 radical (unpaired) electrons. The highest BCUT2D eigenvalue weighted by molar-refractivity contribution is 5.99. The Morgan fingerprint density at radius 2 is 1.72 bits per heavy atom. The molecule has 0 fully saturated rings. The quantitative estimate of drug-likeness (QED) is 0.629. The van der Waals surface area contributed by atoms with Crippen LogP contribution in [0.15, 0.2) is 47.6 Å². The molecule has 0 aliphatic heterocycles. The highest BCUT2D eigenvalue weighted by Crippen LogP contribution is 2.27. The summed E-state index contributed by atoms with van der Waals surface area (Å²) in [5.74, 6) is 0.813. The molecule has 0 saturated heterocycles. The first-order valence-electron chi connectivity index (χ1n) is 8.50. The molecule has 0 aromatic heterocycles. The van der Waals surface area contributed by atoms with Gasteiger partial charge in [0.15, 0.2) is 6.61 Å². The van der Waals surface area contributed by atoms with Crippen LogP contribution in [0.1, 0.15) is 48.9 Å². The number of hydrogen-bond donors (Lipinski definition) is 1. The summed E-state index contributed by atoms with van der Waals surface area (Å²) in [5.41, 5.74) is 7.68. The van der Waals surface area contributed by atoms with Crippen LogP contribution in [0.3, 0.4) is 0 Å². The third-order valence-electron chi connectivity index (χ3n) is 3.97. The lowest BCUT2D eigenvalue weighted by molar-refractivity contribution is -0.123. The lowest BCUT2D eigenvalue weighted by Gasteiger charge is -2.14. The molecule has 132 valence electrons. The molecule has 0 aliphatic carbocycles. The fraction of sp³-hybridized carbons (Fsp3) is 0.333. The van der Waals surface area contributed by atoms with Gasteiger partial charge in [-0.3, -0.25) is 4.79 Å². The number of nitrogens with zero attached hydrogens (tertiary/aromatic N) is 1. The highest BCUT2D eigenvalue weighted by atomic mass is 16.5. The van der Waals surface area contributed by atoms with Gasteiger partial charge in [-0.15, -0.1) is 0 Å². The minimum Gasteiger partial charge on any atom is -0.483 e. The molecule has 1 N–H and O–H groups in total. The van der Waals surface area contributed by atoms with Crippen molar-refractivity contribution in [3.05, 3.63) is 64.7 Å². The Hall–Kier alpha value is -2.62. The predicted octanol–water partition coefficient (Wildman–Crippen LogP) is 4.35. The second-order valence-electron chi connectivity index (χ2n) is 6.58. The number of nitrogens with one attached hydrogen (secondary N) is 1. The smallest absolute Gasteiger partial charge is 0.277 e. The summed E-state index contributed by atoms with van der Waals surface area (Å²) in [7, 11) is 0. The van der Waals surface area contributed by atoms with Gasteiger partial charge in [-0.1, -0.05) is 55.8 Å². The zero-order chi connectivity index (χ0) is 18.4. The lowest BCUT2D eigenvalue weighted by Crippen LogP contribution is -2.26. The molecule has 0 atom stereocenters. The molecule has 4 heteroatoms. The van der Waals surface area contributed by atoms with Crippen LogP contribution in [-0.2, 0) is 4.79 Å². The first kappa shape index (κ1) is 18.7. The van der Waals surface area contributed by atoms with Crippen molar-refractivity contribution in [2.45, 2.75) is 40.5 Å². The van der Waals surface area contributed by atoms with Crippen molar-refractivity contribution >= 4 is 11.6 Å². The van der Waals surface area contributed by atoms with Crippen LogP contribution in [0.4, 0.5) is 0 Å². The minimum atomic E-state index is -0.275. The second kappa shape index (κ2) is 8.47. The van der Waals surface area contributed by atoms with E-state index in [-0.39, 0.29) is 12.5 Å². The van der Waals surface area contributed by atoms with E-state index in [1.165, 1.54) is 5.56 Å². The molecule has 0 aliphatic rings. The van der Waals surface area contributed by atoms with E-state index >= 15 is 0 Å². The monoisotopic (exact) mass is 338 g/mol. The zero-order valence-corrected chi connectivity index (χ0v) is 15.6. The summed E-state index contributed by atoms with van der Waals surface area (Å²) in [4.78, 5) is 12.0. The molecule has 0 unspecified atom stereocenters. The maximum absolute atomic E-state index is 12.0. The van der Waals surface area contributed by atoms with Crippen molar-refractivity contribution in [1.29, 1.82) is 0 Å². The number of ether oxygens (including phenoxy) is 1. The Labute approximate surface area is 149 Å². The molecule has 1 amide bonds. The van der Waals surface area contributed by atoms with Gasteiger partial charge in [0.05, 0.1) is 5.71 Å². The van der Waals surface area contributed by atoms with Gasteiger partial charge in [0.1, 0.15) is 5.75 Å². The molecule has 25 heavy (non-hydrogen) atoms. The van der Waals surface area contributed by atoms with Crippen LogP contribution in [0.25, 0.3) is 0 Å². The Morgan fingerprint density at radius 1 is 1.08 bits per heavy atom. The van der Waals surface area contributed by atoms with Gasteiger partial charge in [0.25, 0.3) is 5.91 Å². The molecule has 4 nitrogen and oxygen atoms in total. The first-order chi connectivity index (χ1) is 11.9. The zero-order valence-electron chi connectivity index (χ0n) is 15.6. The number of hydrazone groups is 1. The Kier molecular flexibility index (Phi) is 6.34. The lowest BCUT2D eigenvalue weighted by atomic mass is 10.0. The van der Waals surface area contributed by atoms with Gasteiger partial charge >= 0.3 is 0 Å². The normalized spacial score (nSPS) is 11.5. The van der Waals surface area contributed by atoms with Crippen molar-refractivity contribution in [2.24, 2.45) is 5.10 Å². The van der Waals surface area contributed by atoms with Crippen molar-refractivity contribution in [3.63, 3.8) is 0 Å². The van der Waals surface area contributed by atoms with E-state index in [1.807, 2.05) is 57.2 Å². The van der Waals surface area contributed by atoms with E-state index < -0.39 is 0 Å². The van der Waals surface area contributed by atoms with Gasteiger partial charge in [-0.25, -0.2) is 5.43 Å². The van der Waals surface area contributed by atoms with E-state index in [4.69, 9.17) is 4.74 Å². The van der Waals surface area contributed by atoms with Crippen molar-refractivity contribution < 1.29 is 9.53 Å². The summed E-state index contributed by atoms with van der Waals surface area (Å²) in [6.45, 7) is 10.1. The van der Waals surface area contributed by atoms with E-state index in [0.717, 1.165) is 28.2 Å². The Bertz CT molecular complexity index is 762. The van der Waals surface area contributed by atoms with Gasteiger partial charge in [-0.05, 0) is 49.4 Å². The topological polar surface area (TPSA) is 50.7 Å². The van der Waals surface area contributed by atoms with Crippen LogP contribution in [0.2, 0.25) is 0 Å². The maximum atomic E-state index is 12.0. The van der Waals surface area contributed by atoms with E-state index in [9.17, 15) is 4.79 Å². The van der Waals surface area contributed by atoms with Crippen molar-refractivity contribution in [2.75, 3.05) is 6.61 Å². The van der Waals surface area contributed by atoms with Gasteiger partial charge < -0.3 is 4.74 Å². The molecular weight excluding hydrogens is 312 g/mol. The average molecular weight is 338 g/mol. The fourth-order valence-electron chi connectivity index (χ4n) is 2.42. The molecule has 2 rings (SSSR count). The van der Waals surface area contributed by atoms with Gasteiger partial charge in [0.2, 0.25) is 0 Å². The molecule has 2 aromatic rings. The Morgan fingerprint density at radius 3 is 2.36 bits per heavy atom. The van der Waals surface area contributed by atoms with Crippen molar-refractivity contribution in [1.82, 2.24) is 5.43 Å². The van der Waals surface area contributed by atoms with E-state index in [2.05, 4.69) is 30.4 Å². The third-order valence-corrected chi connectivity index (χ3v) is 3.97. The molecule has 0 saturated carbocycles.